The van der Waals surface area contributed by atoms with Crippen LogP contribution in [0.2, 0.25) is 0 Å². The van der Waals surface area contributed by atoms with Crippen LogP contribution in [0.25, 0.3) is 21.5 Å². The van der Waals surface area contributed by atoms with Crippen LogP contribution in [0.3, 0.4) is 0 Å². The minimum Gasteiger partial charge on any atom is -1.00 e. The Hall–Kier alpha value is -2.94. The predicted octanol–water partition coefficient (Wildman–Crippen LogP) is 8.57. The third-order valence-electron chi connectivity index (χ3n) is 12.5. The summed E-state index contributed by atoms with van der Waals surface area (Å²) in [6.07, 6.45) is 6.94. The second-order valence-electron chi connectivity index (χ2n) is 23.0. The minimum absolute atomic E-state index is 0. The number of aliphatic hydroxyl groups excluding tert-OH is 1. The van der Waals surface area contributed by atoms with Gasteiger partial charge in [0.1, 0.15) is 12.2 Å². The van der Waals surface area contributed by atoms with E-state index < -0.39 is 10.5 Å². The van der Waals surface area contributed by atoms with E-state index in [0.717, 1.165) is 73.3 Å². The maximum absolute atomic E-state index is 13.0. The summed E-state index contributed by atoms with van der Waals surface area (Å²) in [5.41, 5.74) is 1.68. The molecule has 0 saturated carbocycles. The number of hydrogen-bond acceptors (Lipinski definition) is 11. The number of fused-ring (bicyclic) bond motifs is 2. The van der Waals surface area contributed by atoms with E-state index in [9.17, 15) is 24.3 Å². The van der Waals surface area contributed by atoms with Gasteiger partial charge in [0.15, 0.2) is 0 Å². The van der Waals surface area contributed by atoms with Crippen molar-refractivity contribution in [1.82, 2.24) is 16.0 Å². The fourth-order valence-electron chi connectivity index (χ4n) is 10.8. The first-order chi connectivity index (χ1) is 31.4. The number of rotatable bonds is 6. The van der Waals surface area contributed by atoms with Gasteiger partial charge in [0.25, 0.3) is 10.5 Å². The Morgan fingerprint density at radius 2 is 0.754 bits per heavy atom. The Morgan fingerprint density at radius 1 is 0.493 bits per heavy atom. The van der Waals surface area contributed by atoms with E-state index in [1.54, 1.807) is 48.5 Å². The number of carbonyl (C=O) groups excluding carboxylic acids is 4. The Morgan fingerprint density at radius 3 is 1.00 bits per heavy atom. The molecule has 4 aliphatic rings. The van der Waals surface area contributed by atoms with E-state index in [4.69, 9.17) is 37.4 Å². The molecule has 0 bridgehead atoms. The molecule has 4 fully saturated rings. The van der Waals surface area contributed by atoms with Crippen molar-refractivity contribution in [1.29, 1.82) is 0 Å². The zero-order valence-corrected chi connectivity index (χ0v) is 46.8. The average Bonchev–Trinajstić information content (AvgIpc) is 3.77. The van der Waals surface area contributed by atoms with E-state index >= 15 is 0 Å². The number of ether oxygens (including phenoxy) is 3. The summed E-state index contributed by atoms with van der Waals surface area (Å²) in [6.45, 7) is 27.7. The minimum atomic E-state index is -0.501. The second kappa shape index (κ2) is 23.7. The van der Waals surface area contributed by atoms with Gasteiger partial charge >= 0.3 is 41.5 Å². The maximum atomic E-state index is 13.0. The summed E-state index contributed by atoms with van der Waals surface area (Å²) in [5.74, 6) is -0.620. The first kappa shape index (κ1) is 58.6. The fraction of sp³-hybridized carbons (Fsp3) is 0.564. The van der Waals surface area contributed by atoms with Crippen LogP contribution in [-0.4, -0.2) is 92.3 Å². The molecule has 0 unspecified atom stereocenters. The molecule has 8 rings (SSSR count). The van der Waals surface area contributed by atoms with Gasteiger partial charge in [-0.25, -0.2) is 9.59 Å². The van der Waals surface area contributed by atoms with Gasteiger partial charge in [-0.1, -0.05) is 24.3 Å². The van der Waals surface area contributed by atoms with Crippen LogP contribution < -0.4 is 45.5 Å². The zero-order chi connectivity index (χ0) is 50.5. The van der Waals surface area contributed by atoms with Crippen molar-refractivity contribution >= 4 is 67.2 Å². The summed E-state index contributed by atoms with van der Waals surface area (Å²) in [5, 5.41) is 22.7. The van der Waals surface area contributed by atoms with E-state index in [1.807, 2.05) is 24.3 Å². The standard InChI is InChI=1S/C30H42N2O4.C12H6Cl2O2.C9H19NO.C4H8O.Na.H/c1-27(2)15-23(16-28(3,4)31-27)35-25(33)21-11-9-20-14-22(12-10-19(20)13-21)26(34)36-24-17-29(5,6)32-30(7,8)18-24;13-11(15)9-3-1-7-5-10(12(14)16)4-2-8(7)6-9;1-8(2)5-7(11)6-9(3,4)10-8;1-2-4-5-3-1;;/h9-14,23-24,31-32H,15-18H2,1-8H3;1-6H;7,10-11H,5-6H2,1-4H3;1-4H2;;/q;;;;+1;-1. The van der Waals surface area contributed by atoms with Crippen LogP contribution in [0, 0.1) is 0 Å². The van der Waals surface area contributed by atoms with Crippen LogP contribution >= 0.6 is 23.2 Å². The summed E-state index contributed by atoms with van der Waals surface area (Å²) >= 11 is 10.7. The molecule has 4 saturated heterocycles. The molecule has 4 N–H and O–H groups in total. The first-order valence-corrected chi connectivity index (χ1v) is 24.7. The van der Waals surface area contributed by atoms with Crippen molar-refractivity contribution in [2.24, 2.45) is 0 Å². The normalized spacial score (nSPS) is 21.1. The van der Waals surface area contributed by atoms with Gasteiger partial charge in [-0.15, -0.1) is 0 Å². The van der Waals surface area contributed by atoms with Crippen molar-refractivity contribution in [3.8, 4) is 0 Å². The Bertz CT molecular complexity index is 2260. The van der Waals surface area contributed by atoms with Gasteiger partial charge in [0, 0.05) is 83.3 Å². The summed E-state index contributed by atoms with van der Waals surface area (Å²) in [7, 11) is 0. The molecule has 0 amide bonds. The number of aliphatic hydroxyl groups is 1. The first-order valence-electron chi connectivity index (χ1n) is 23.9. The molecular weight excluding hydrogens is 925 g/mol. The molecule has 14 heteroatoms. The number of esters is 2. The predicted molar refractivity (Wildman–Crippen MR) is 275 cm³/mol. The SMILES string of the molecule is C1CCOC1.CC1(C)CC(O)CC(C)(C)N1.CC1(C)CC(OC(=O)c2ccc3cc(C(=O)OC4CC(C)(C)NC(C)(C)C4)ccc3c2)CC(C)(C)N1.O=C(Cl)c1ccc2cc(C(=O)Cl)ccc2c1.[H-].[Na+]. The molecule has 4 aromatic carbocycles. The molecule has 69 heavy (non-hydrogen) atoms. The van der Waals surface area contributed by atoms with Crippen molar-refractivity contribution in [2.75, 3.05) is 13.2 Å². The van der Waals surface area contributed by atoms with Gasteiger partial charge < -0.3 is 36.7 Å². The number of halogens is 2. The van der Waals surface area contributed by atoms with Gasteiger partial charge in [0.05, 0.1) is 17.2 Å². The van der Waals surface area contributed by atoms with Crippen LogP contribution in [-0.2, 0) is 14.2 Å². The maximum Gasteiger partial charge on any atom is 1.00 e. The van der Waals surface area contributed by atoms with Crippen LogP contribution in [0.1, 0.15) is 177 Å². The second-order valence-corrected chi connectivity index (χ2v) is 23.7. The smallest absolute Gasteiger partial charge is 1.00 e. The van der Waals surface area contributed by atoms with Gasteiger partial charge in [-0.2, -0.15) is 0 Å². The summed E-state index contributed by atoms with van der Waals surface area (Å²) in [4.78, 5) is 47.8. The third-order valence-corrected chi connectivity index (χ3v) is 12.9. The molecule has 0 aromatic heterocycles. The monoisotopic (exact) mass is 999 g/mol. The average molecular weight is 1000 g/mol. The van der Waals surface area contributed by atoms with Crippen molar-refractivity contribution in [3.63, 3.8) is 0 Å². The number of nitrogens with one attached hydrogen (secondary N) is 3. The largest absolute Gasteiger partial charge is 1.00 e. The molecule has 4 aromatic rings. The quantitative estimate of drug-likeness (QED) is 0.0836. The fourth-order valence-corrected chi connectivity index (χ4v) is 11.1. The van der Waals surface area contributed by atoms with Crippen LogP contribution in [0.4, 0.5) is 0 Å². The number of carbonyl (C=O) groups is 4. The summed E-state index contributed by atoms with van der Waals surface area (Å²) in [6, 6.07) is 21.0. The number of benzene rings is 4. The van der Waals surface area contributed by atoms with E-state index in [2.05, 4.69) is 99.0 Å². The topological polar surface area (TPSA) is 152 Å². The van der Waals surface area contributed by atoms with E-state index in [0.29, 0.717) is 22.3 Å². The molecule has 11 nitrogen and oxygen atoms in total. The number of hydrogen-bond donors (Lipinski definition) is 4. The molecule has 4 aliphatic heterocycles. The Labute approximate surface area is 444 Å². The molecular formula is C55H76Cl2N3NaO8. The molecule has 0 aliphatic carbocycles. The van der Waals surface area contributed by atoms with Crippen LogP contribution in [0.5, 0.6) is 0 Å². The van der Waals surface area contributed by atoms with Crippen LogP contribution in [0.15, 0.2) is 72.8 Å². The Kier molecular flexibility index (Phi) is 20.2. The summed E-state index contributed by atoms with van der Waals surface area (Å²) < 4.78 is 16.8. The van der Waals surface area contributed by atoms with Crippen molar-refractivity contribution < 1.29 is 69.5 Å². The zero-order valence-electron chi connectivity index (χ0n) is 44.3. The van der Waals surface area contributed by atoms with E-state index in [-0.39, 0.29) is 94.5 Å². The van der Waals surface area contributed by atoms with Crippen molar-refractivity contribution in [3.05, 3.63) is 95.1 Å². The molecule has 0 radical (unpaired) electrons. The molecule has 374 valence electrons. The molecule has 4 heterocycles. The molecule has 0 spiro atoms. The van der Waals surface area contributed by atoms with Crippen molar-refractivity contribution in [2.45, 2.75) is 186 Å². The van der Waals surface area contributed by atoms with Gasteiger partial charge in [-0.3, -0.25) is 9.59 Å². The van der Waals surface area contributed by atoms with E-state index in [1.165, 1.54) is 12.8 Å². The Balaban J connectivity index is 0.000000311. The number of piperidine rings is 3. The van der Waals surface area contributed by atoms with Gasteiger partial charge in [0.2, 0.25) is 0 Å². The van der Waals surface area contributed by atoms with Gasteiger partial charge in [-0.05, 0) is 202 Å². The third kappa shape index (κ3) is 18.6. The molecule has 0 atom stereocenters.